The predicted molar refractivity (Wildman–Crippen MR) is 81.0 cm³/mol. The van der Waals surface area contributed by atoms with Gasteiger partial charge in [-0.15, -0.1) is 0 Å². The molecule has 0 radical (unpaired) electrons. The van der Waals surface area contributed by atoms with E-state index in [4.69, 9.17) is 0 Å². The van der Waals surface area contributed by atoms with Crippen molar-refractivity contribution in [1.82, 2.24) is 5.32 Å². The Morgan fingerprint density at radius 1 is 1.29 bits per heavy atom. The minimum Gasteiger partial charge on any atom is -0.481 e. The molecule has 1 aromatic rings. The quantitative estimate of drug-likeness (QED) is 0.895. The van der Waals surface area contributed by atoms with Crippen LogP contribution in [-0.2, 0) is 9.59 Å². The van der Waals surface area contributed by atoms with E-state index in [-0.39, 0.29) is 11.8 Å². The first-order valence-electron chi connectivity index (χ1n) is 7.54. The number of hydrogen-bond acceptors (Lipinski definition) is 2. The van der Waals surface area contributed by atoms with Crippen molar-refractivity contribution in [3.8, 4) is 0 Å². The second kappa shape index (κ2) is 6.29. The Hall–Kier alpha value is -1.84. The van der Waals surface area contributed by atoms with Gasteiger partial charge >= 0.3 is 5.97 Å². The molecule has 4 nitrogen and oxygen atoms in total. The number of rotatable bonds is 4. The van der Waals surface area contributed by atoms with Crippen LogP contribution in [0.25, 0.3) is 0 Å². The zero-order valence-electron chi connectivity index (χ0n) is 12.6. The third-order valence-corrected chi connectivity index (χ3v) is 4.61. The molecule has 1 amide bonds. The number of aliphatic carboxylic acids is 1. The van der Waals surface area contributed by atoms with E-state index in [1.807, 2.05) is 44.2 Å². The lowest BCUT2D eigenvalue weighted by Crippen LogP contribution is -2.56. The summed E-state index contributed by atoms with van der Waals surface area (Å²) in [6.45, 7) is 3.72. The van der Waals surface area contributed by atoms with E-state index in [1.54, 1.807) is 0 Å². The van der Waals surface area contributed by atoms with Crippen LogP contribution in [0, 0.1) is 5.92 Å². The van der Waals surface area contributed by atoms with Crippen LogP contribution >= 0.6 is 0 Å². The Kier molecular flexibility index (Phi) is 4.66. The molecule has 1 aliphatic carbocycles. The lowest BCUT2D eigenvalue weighted by Gasteiger charge is -2.40. The van der Waals surface area contributed by atoms with Gasteiger partial charge in [0.2, 0.25) is 5.91 Å². The number of carboxylic acids is 1. The molecule has 2 rings (SSSR count). The van der Waals surface area contributed by atoms with Crippen LogP contribution in [0.1, 0.15) is 51.0 Å². The number of carboxylic acid groups (broad SMARTS) is 1. The number of amides is 1. The number of carbonyl (C=O) groups excluding carboxylic acids is 1. The van der Waals surface area contributed by atoms with Gasteiger partial charge in [-0.2, -0.15) is 0 Å². The molecule has 0 aromatic heterocycles. The Balaban J connectivity index is 2.11. The van der Waals surface area contributed by atoms with E-state index >= 15 is 0 Å². The summed E-state index contributed by atoms with van der Waals surface area (Å²) in [5, 5.41) is 12.4. The molecule has 1 fully saturated rings. The van der Waals surface area contributed by atoms with Gasteiger partial charge in [0, 0.05) is 0 Å². The van der Waals surface area contributed by atoms with Crippen LogP contribution in [0.15, 0.2) is 30.3 Å². The lowest BCUT2D eigenvalue weighted by molar-refractivity contribution is -0.146. The fraction of sp³-hybridized carbons (Fsp3) is 0.529. The maximum atomic E-state index is 12.5. The fourth-order valence-corrected chi connectivity index (χ4v) is 3.16. The number of hydrogen-bond donors (Lipinski definition) is 2. The minimum absolute atomic E-state index is 0.100. The van der Waals surface area contributed by atoms with Gasteiger partial charge in [0.15, 0.2) is 0 Å². The van der Waals surface area contributed by atoms with Crippen LogP contribution < -0.4 is 5.32 Å². The van der Waals surface area contributed by atoms with Crippen molar-refractivity contribution in [2.75, 3.05) is 0 Å². The van der Waals surface area contributed by atoms with Crippen molar-refractivity contribution in [2.45, 2.75) is 51.0 Å². The standard InChI is InChI=1S/C17H23NO3/c1-12(13-8-4-3-5-9-13)15(19)18-17(2)11-7-6-10-14(17)16(20)21/h3-5,8-9,12,14H,6-7,10-11H2,1-2H3,(H,18,19)(H,20,21). The summed E-state index contributed by atoms with van der Waals surface area (Å²) >= 11 is 0. The molecule has 3 atom stereocenters. The highest BCUT2D eigenvalue weighted by Gasteiger charge is 2.42. The molecule has 2 N–H and O–H groups in total. The molecule has 1 aromatic carbocycles. The maximum absolute atomic E-state index is 12.5. The van der Waals surface area contributed by atoms with E-state index in [9.17, 15) is 14.7 Å². The van der Waals surface area contributed by atoms with Crippen molar-refractivity contribution >= 4 is 11.9 Å². The molecule has 4 heteroatoms. The van der Waals surface area contributed by atoms with Gasteiger partial charge in [0.05, 0.1) is 17.4 Å². The van der Waals surface area contributed by atoms with Crippen molar-refractivity contribution in [2.24, 2.45) is 5.92 Å². The average Bonchev–Trinajstić information content (AvgIpc) is 2.47. The van der Waals surface area contributed by atoms with E-state index in [1.165, 1.54) is 0 Å². The predicted octanol–water partition coefficient (Wildman–Crippen LogP) is 2.94. The van der Waals surface area contributed by atoms with Crippen molar-refractivity contribution in [3.63, 3.8) is 0 Å². The highest BCUT2D eigenvalue weighted by molar-refractivity contribution is 5.85. The van der Waals surface area contributed by atoms with Crippen LogP contribution in [-0.4, -0.2) is 22.5 Å². The summed E-state index contributed by atoms with van der Waals surface area (Å²) in [6, 6.07) is 9.56. The fourth-order valence-electron chi connectivity index (χ4n) is 3.16. The topological polar surface area (TPSA) is 66.4 Å². The van der Waals surface area contributed by atoms with E-state index in [0.29, 0.717) is 6.42 Å². The second-order valence-corrected chi connectivity index (χ2v) is 6.18. The van der Waals surface area contributed by atoms with Gasteiger partial charge in [0.1, 0.15) is 0 Å². The summed E-state index contributed by atoms with van der Waals surface area (Å²) in [4.78, 5) is 23.9. The number of benzene rings is 1. The minimum atomic E-state index is -0.815. The van der Waals surface area contributed by atoms with E-state index in [2.05, 4.69) is 5.32 Å². The third kappa shape index (κ3) is 3.43. The molecule has 0 bridgehead atoms. The van der Waals surface area contributed by atoms with E-state index < -0.39 is 17.4 Å². The normalized spacial score (nSPS) is 26.9. The summed E-state index contributed by atoms with van der Waals surface area (Å²) in [7, 11) is 0. The van der Waals surface area contributed by atoms with Crippen LogP contribution in [0.5, 0.6) is 0 Å². The molecular formula is C17H23NO3. The van der Waals surface area contributed by atoms with Gasteiger partial charge in [-0.1, -0.05) is 43.2 Å². The SMILES string of the molecule is CC(C(=O)NC1(C)CCCCC1C(=O)O)c1ccccc1. The van der Waals surface area contributed by atoms with Crippen molar-refractivity contribution in [3.05, 3.63) is 35.9 Å². The Bertz CT molecular complexity index is 514. The molecule has 0 aliphatic heterocycles. The van der Waals surface area contributed by atoms with Gasteiger partial charge in [0.25, 0.3) is 0 Å². The molecule has 0 spiro atoms. The Morgan fingerprint density at radius 3 is 2.57 bits per heavy atom. The van der Waals surface area contributed by atoms with Gasteiger partial charge < -0.3 is 10.4 Å². The zero-order valence-corrected chi connectivity index (χ0v) is 12.6. The van der Waals surface area contributed by atoms with Crippen LogP contribution in [0.3, 0.4) is 0 Å². The summed E-state index contributed by atoms with van der Waals surface area (Å²) < 4.78 is 0. The molecule has 114 valence electrons. The lowest BCUT2D eigenvalue weighted by atomic mass is 9.73. The largest absolute Gasteiger partial charge is 0.481 e. The molecule has 0 heterocycles. The maximum Gasteiger partial charge on any atom is 0.308 e. The smallest absolute Gasteiger partial charge is 0.308 e. The Morgan fingerprint density at radius 2 is 1.95 bits per heavy atom. The molecule has 3 unspecified atom stereocenters. The Labute approximate surface area is 125 Å². The second-order valence-electron chi connectivity index (χ2n) is 6.18. The first-order chi connectivity index (χ1) is 9.94. The summed E-state index contributed by atoms with van der Waals surface area (Å²) in [5.74, 6) is -1.70. The first-order valence-corrected chi connectivity index (χ1v) is 7.54. The van der Waals surface area contributed by atoms with E-state index in [0.717, 1.165) is 24.8 Å². The highest BCUT2D eigenvalue weighted by Crippen LogP contribution is 2.34. The average molecular weight is 289 g/mol. The van der Waals surface area contributed by atoms with Crippen molar-refractivity contribution in [1.29, 1.82) is 0 Å². The third-order valence-electron chi connectivity index (χ3n) is 4.61. The van der Waals surface area contributed by atoms with Gasteiger partial charge in [-0.05, 0) is 32.3 Å². The molecule has 1 aliphatic rings. The van der Waals surface area contributed by atoms with Gasteiger partial charge in [-0.3, -0.25) is 9.59 Å². The molecule has 0 saturated heterocycles. The molecule has 1 saturated carbocycles. The highest BCUT2D eigenvalue weighted by atomic mass is 16.4. The zero-order chi connectivity index (χ0) is 15.5. The van der Waals surface area contributed by atoms with Gasteiger partial charge in [-0.25, -0.2) is 0 Å². The van der Waals surface area contributed by atoms with Crippen molar-refractivity contribution < 1.29 is 14.7 Å². The first kappa shape index (κ1) is 15.5. The number of nitrogens with one attached hydrogen (secondary N) is 1. The summed E-state index contributed by atoms with van der Waals surface area (Å²) in [5.41, 5.74) is 0.297. The number of carbonyl (C=O) groups is 2. The monoisotopic (exact) mass is 289 g/mol. The van der Waals surface area contributed by atoms with Crippen LogP contribution in [0.4, 0.5) is 0 Å². The molecular weight excluding hydrogens is 266 g/mol. The molecule has 21 heavy (non-hydrogen) atoms. The van der Waals surface area contributed by atoms with Crippen LogP contribution in [0.2, 0.25) is 0 Å². The summed E-state index contributed by atoms with van der Waals surface area (Å²) in [6.07, 6.45) is 3.22.